The molecule has 0 unspecified atom stereocenters. The van der Waals surface area contributed by atoms with Gasteiger partial charge in [-0.1, -0.05) is 0 Å². The van der Waals surface area contributed by atoms with E-state index in [0.717, 1.165) is 34.4 Å². The summed E-state index contributed by atoms with van der Waals surface area (Å²) in [5.74, 6) is -0.187. The first-order chi connectivity index (χ1) is 11.1. The van der Waals surface area contributed by atoms with Gasteiger partial charge in [-0.25, -0.2) is 0 Å². The van der Waals surface area contributed by atoms with Crippen LogP contribution in [0.2, 0.25) is 5.32 Å². The summed E-state index contributed by atoms with van der Waals surface area (Å²) in [5.41, 5.74) is 0.388. The van der Waals surface area contributed by atoms with E-state index in [4.69, 9.17) is 9.15 Å². The van der Waals surface area contributed by atoms with E-state index in [1.54, 1.807) is 6.07 Å². The fourth-order valence-electron chi connectivity index (χ4n) is 2.10. The van der Waals surface area contributed by atoms with Gasteiger partial charge in [0.15, 0.2) is 0 Å². The predicted octanol–water partition coefficient (Wildman–Crippen LogP) is 2.91. The summed E-state index contributed by atoms with van der Waals surface area (Å²) >= 11 is 0.254. The predicted molar refractivity (Wildman–Crippen MR) is 92.3 cm³/mol. The first-order valence-corrected chi connectivity index (χ1v) is 9.97. The summed E-state index contributed by atoms with van der Waals surface area (Å²) in [6.07, 6.45) is 3.01. The molecule has 0 spiro atoms. The van der Waals surface area contributed by atoms with Crippen LogP contribution in [0, 0.1) is 5.92 Å². The minimum absolute atomic E-state index is 0.0589. The maximum atomic E-state index is 11.6. The van der Waals surface area contributed by atoms with Crippen LogP contribution < -0.4 is 10.1 Å². The monoisotopic (exact) mass is 382 g/mol. The van der Waals surface area contributed by atoms with Crippen LogP contribution in [0.3, 0.4) is 0 Å². The summed E-state index contributed by atoms with van der Waals surface area (Å²) in [6, 6.07) is 9.29. The topological polar surface area (TPSA) is 56.5 Å². The average molecular weight is 381 g/mol. The number of unbranched alkanes of at least 4 members (excludes halogenated alkanes) is 2. The fourth-order valence-corrected chi connectivity index (χ4v) is 4.35. The van der Waals surface area contributed by atoms with Crippen molar-refractivity contribution in [3.63, 3.8) is 0 Å². The van der Waals surface area contributed by atoms with Crippen LogP contribution in [0.1, 0.15) is 33.1 Å². The zero-order valence-electron chi connectivity index (χ0n) is 13.5. The van der Waals surface area contributed by atoms with Crippen LogP contribution in [-0.4, -0.2) is 27.5 Å². The van der Waals surface area contributed by atoms with E-state index < -0.39 is 0 Å². The summed E-state index contributed by atoms with van der Waals surface area (Å²) in [4.78, 5) is 22.9. The van der Waals surface area contributed by atoms with Crippen molar-refractivity contribution < 1.29 is 13.9 Å². The third-order valence-corrected chi connectivity index (χ3v) is 5.77. The molecule has 2 aromatic rings. The van der Waals surface area contributed by atoms with E-state index >= 15 is 0 Å². The molecule has 0 N–H and O–H groups in total. The van der Waals surface area contributed by atoms with E-state index in [9.17, 15) is 9.59 Å². The van der Waals surface area contributed by atoms with Crippen molar-refractivity contribution >= 4 is 36.4 Å². The number of carbonyl (C=O) groups is 1. The fraction of sp³-hybridized carbons (Fsp3) is 0.444. The second-order valence-electron chi connectivity index (χ2n) is 5.66. The van der Waals surface area contributed by atoms with Crippen molar-refractivity contribution in [3.8, 4) is 0 Å². The Morgan fingerprint density at radius 3 is 2.78 bits per heavy atom. The van der Waals surface area contributed by atoms with E-state index in [2.05, 4.69) is 0 Å². The molecule has 1 heterocycles. The molecule has 2 rings (SSSR count). The molecule has 0 aliphatic carbocycles. The molecule has 4 nitrogen and oxygen atoms in total. The van der Waals surface area contributed by atoms with Gasteiger partial charge < -0.3 is 0 Å². The number of rotatable bonds is 8. The molecule has 1 aromatic carbocycles. The van der Waals surface area contributed by atoms with Crippen LogP contribution in [0.4, 0.5) is 0 Å². The van der Waals surface area contributed by atoms with Crippen molar-refractivity contribution in [2.75, 3.05) is 6.61 Å². The van der Waals surface area contributed by atoms with Gasteiger partial charge in [-0.3, -0.25) is 0 Å². The van der Waals surface area contributed by atoms with Gasteiger partial charge in [0.25, 0.3) is 0 Å². The van der Waals surface area contributed by atoms with Gasteiger partial charge in [0.1, 0.15) is 0 Å². The van der Waals surface area contributed by atoms with Crippen LogP contribution in [0.25, 0.3) is 11.0 Å². The number of hydrogen-bond donors (Lipinski definition) is 0. The maximum absolute atomic E-state index is 11.6. The summed E-state index contributed by atoms with van der Waals surface area (Å²) < 4.78 is 11.5. The van der Waals surface area contributed by atoms with Crippen LogP contribution in [0.5, 0.6) is 0 Å². The van der Waals surface area contributed by atoms with E-state index in [-0.39, 0.29) is 32.5 Å². The Bertz CT molecular complexity index is 705. The Morgan fingerprint density at radius 1 is 1.22 bits per heavy atom. The minimum atomic E-state index is -0.277. The molecule has 5 heteroatoms. The Hall–Kier alpha value is -1.58. The molecular weight excluding hydrogens is 359 g/mol. The van der Waals surface area contributed by atoms with Crippen molar-refractivity contribution in [2.24, 2.45) is 5.92 Å². The molecule has 0 radical (unpaired) electrons. The summed E-state index contributed by atoms with van der Waals surface area (Å²) in [5, 5.41) is 2.11. The van der Waals surface area contributed by atoms with Crippen LogP contribution >= 0.6 is 0 Å². The van der Waals surface area contributed by atoms with Crippen molar-refractivity contribution in [1.82, 2.24) is 0 Å². The molecule has 23 heavy (non-hydrogen) atoms. The molecule has 0 aliphatic heterocycles. The van der Waals surface area contributed by atoms with Gasteiger partial charge in [-0.2, -0.15) is 0 Å². The summed E-state index contributed by atoms with van der Waals surface area (Å²) in [7, 11) is 0. The van der Waals surface area contributed by atoms with Gasteiger partial charge in [0.2, 0.25) is 0 Å². The van der Waals surface area contributed by atoms with Crippen molar-refractivity contribution in [1.29, 1.82) is 0 Å². The molecule has 0 saturated heterocycles. The quantitative estimate of drug-likeness (QED) is 0.305. The number of fused-ring (bicyclic) bond motifs is 1. The average Bonchev–Trinajstić information content (AvgIpc) is 2.53. The van der Waals surface area contributed by atoms with Gasteiger partial charge in [-0.15, -0.1) is 0 Å². The number of esters is 1. The van der Waals surface area contributed by atoms with Gasteiger partial charge in [-0.05, 0) is 0 Å². The second-order valence-corrected chi connectivity index (χ2v) is 8.04. The van der Waals surface area contributed by atoms with Gasteiger partial charge in [0.05, 0.1) is 0 Å². The Kier molecular flexibility index (Phi) is 6.87. The zero-order valence-corrected chi connectivity index (χ0v) is 15.3. The molecule has 0 aliphatic rings. The first kappa shape index (κ1) is 17.8. The normalized spacial score (nSPS) is 11.1. The Labute approximate surface area is 142 Å². The zero-order chi connectivity index (χ0) is 16.7. The number of benzene rings is 1. The second kappa shape index (κ2) is 8.90. The number of para-hydroxylation sites is 1. The van der Waals surface area contributed by atoms with E-state index in [1.165, 1.54) is 0 Å². The van der Waals surface area contributed by atoms with Gasteiger partial charge in [0, 0.05) is 0 Å². The molecule has 124 valence electrons. The molecule has 0 saturated carbocycles. The van der Waals surface area contributed by atoms with Crippen LogP contribution in [0.15, 0.2) is 39.5 Å². The molecular formula is C18H22O4Se. The third-order valence-electron chi connectivity index (χ3n) is 3.37. The standard InChI is InChI=1S/C18H22O4Se/c1-13(2)18(20)21-10-6-3-7-11-23-16-12-17(19)22-15-9-5-4-8-14(15)16/h4-5,8-9,12-13H,3,6-7,10-11H2,1-2H3. The van der Waals surface area contributed by atoms with Crippen molar-refractivity contribution in [3.05, 3.63) is 40.8 Å². The summed E-state index contributed by atoms with van der Waals surface area (Å²) in [6.45, 7) is 4.18. The van der Waals surface area contributed by atoms with Crippen LogP contribution in [-0.2, 0) is 9.53 Å². The number of carbonyl (C=O) groups excluding carboxylic acids is 1. The molecule has 0 atom stereocenters. The van der Waals surface area contributed by atoms with Gasteiger partial charge >= 0.3 is 142 Å². The first-order valence-electron chi connectivity index (χ1n) is 7.90. The number of ether oxygens (including phenoxy) is 1. The Morgan fingerprint density at radius 2 is 2.00 bits per heavy atom. The Balaban J connectivity index is 1.75. The third kappa shape index (κ3) is 5.52. The van der Waals surface area contributed by atoms with Crippen molar-refractivity contribution in [2.45, 2.75) is 38.4 Å². The molecule has 0 bridgehead atoms. The molecule has 0 fully saturated rings. The van der Waals surface area contributed by atoms with E-state index in [0.29, 0.717) is 12.2 Å². The SMILES string of the molecule is CC(C)C(=O)OCCCCC[Se]c1cc(=O)oc2ccccc12. The number of hydrogen-bond acceptors (Lipinski definition) is 4. The molecule has 0 amide bonds. The van der Waals surface area contributed by atoms with E-state index in [1.807, 2.05) is 38.1 Å². The molecule has 1 aromatic heterocycles.